The summed E-state index contributed by atoms with van der Waals surface area (Å²) in [6.45, 7) is 0.148. The Morgan fingerprint density at radius 2 is 1.88 bits per heavy atom. The maximum absolute atomic E-state index is 11.0. The molecule has 7 heteroatoms. The van der Waals surface area contributed by atoms with Crippen LogP contribution in [0.4, 0.5) is 4.79 Å². The second-order valence-electron chi connectivity index (χ2n) is 2.81. The molecule has 0 fully saturated rings. The molecule has 0 atom stereocenters. The molecule has 0 rings (SSSR count). The minimum atomic E-state index is -0.659. The minimum absolute atomic E-state index is 0.0133. The molecule has 0 aromatic carbocycles. The summed E-state index contributed by atoms with van der Waals surface area (Å²) in [6, 6.07) is 0. The Labute approximate surface area is 93.5 Å². The van der Waals surface area contributed by atoms with Crippen molar-refractivity contribution in [3.8, 4) is 0 Å². The molecule has 0 bridgehead atoms. The lowest BCUT2D eigenvalue weighted by Crippen LogP contribution is -2.30. The van der Waals surface area contributed by atoms with E-state index < -0.39 is 12.1 Å². The average Bonchev–Trinajstić information content (AvgIpc) is 2.28. The zero-order valence-electron chi connectivity index (χ0n) is 9.37. The van der Waals surface area contributed by atoms with Crippen LogP contribution < -0.4 is 10.6 Å². The van der Waals surface area contributed by atoms with Gasteiger partial charge in [-0.05, 0) is 0 Å². The lowest BCUT2D eigenvalue weighted by Gasteiger charge is -2.05. The van der Waals surface area contributed by atoms with E-state index in [0.717, 1.165) is 0 Å². The van der Waals surface area contributed by atoms with Crippen molar-refractivity contribution in [2.24, 2.45) is 0 Å². The van der Waals surface area contributed by atoms with Gasteiger partial charge in [0.25, 0.3) is 0 Å². The first kappa shape index (κ1) is 14.2. The number of hydrogen-bond donors (Lipinski definition) is 2. The second kappa shape index (κ2) is 8.51. The topological polar surface area (TPSA) is 93.7 Å². The summed E-state index contributed by atoms with van der Waals surface area (Å²) in [6.07, 6.45) is -0.463. The summed E-state index contributed by atoms with van der Waals surface area (Å²) in [5, 5.41) is 4.78. The van der Waals surface area contributed by atoms with Gasteiger partial charge < -0.3 is 20.1 Å². The van der Waals surface area contributed by atoms with Crippen LogP contribution in [0, 0.1) is 0 Å². The summed E-state index contributed by atoms with van der Waals surface area (Å²) >= 11 is 0. The molecule has 0 radical (unpaired) electrons. The SMILES string of the molecule is CNC(=O)CCNC(=O)OCCC(=O)OC. The van der Waals surface area contributed by atoms with Crippen LogP contribution in [-0.2, 0) is 19.1 Å². The van der Waals surface area contributed by atoms with E-state index in [4.69, 9.17) is 0 Å². The molecule has 0 heterocycles. The number of rotatable bonds is 6. The van der Waals surface area contributed by atoms with Gasteiger partial charge in [0, 0.05) is 20.0 Å². The van der Waals surface area contributed by atoms with E-state index in [9.17, 15) is 14.4 Å². The highest BCUT2D eigenvalue weighted by atomic mass is 16.6. The van der Waals surface area contributed by atoms with Gasteiger partial charge in [0.05, 0.1) is 13.5 Å². The number of esters is 1. The predicted octanol–water partition coefficient (Wildman–Crippen LogP) is -0.588. The van der Waals surface area contributed by atoms with Gasteiger partial charge in [-0.25, -0.2) is 4.79 Å². The molecule has 0 spiro atoms. The highest BCUT2D eigenvalue weighted by Crippen LogP contribution is 1.87. The monoisotopic (exact) mass is 232 g/mol. The molecule has 16 heavy (non-hydrogen) atoms. The van der Waals surface area contributed by atoms with Crippen molar-refractivity contribution in [3.05, 3.63) is 0 Å². The number of amides is 2. The molecule has 0 saturated heterocycles. The van der Waals surface area contributed by atoms with E-state index in [2.05, 4.69) is 20.1 Å². The molecular formula is C9H16N2O5. The molecule has 7 nitrogen and oxygen atoms in total. The standard InChI is InChI=1S/C9H16N2O5/c1-10-7(12)3-5-11-9(14)16-6-4-8(13)15-2/h3-6H2,1-2H3,(H,10,12)(H,11,14). The van der Waals surface area contributed by atoms with Crippen LogP contribution in [0.1, 0.15) is 12.8 Å². The Morgan fingerprint density at radius 1 is 1.19 bits per heavy atom. The lowest BCUT2D eigenvalue weighted by atomic mass is 10.4. The molecule has 2 N–H and O–H groups in total. The molecule has 0 aromatic heterocycles. The molecule has 92 valence electrons. The Balaban J connectivity index is 3.45. The van der Waals surface area contributed by atoms with Crippen LogP contribution in [0.15, 0.2) is 0 Å². The van der Waals surface area contributed by atoms with Crippen molar-refractivity contribution < 1.29 is 23.9 Å². The van der Waals surface area contributed by atoms with Crippen LogP contribution in [0.5, 0.6) is 0 Å². The number of carbonyl (C=O) groups excluding carboxylic acids is 3. The predicted molar refractivity (Wildman–Crippen MR) is 54.7 cm³/mol. The van der Waals surface area contributed by atoms with E-state index in [1.54, 1.807) is 0 Å². The van der Waals surface area contributed by atoms with Crippen molar-refractivity contribution >= 4 is 18.0 Å². The molecular weight excluding hydrogens is 216 g/mol. The first-order valence-electron chi connectivity index (χ1n) is 4.78. The summed E-state index contributed by atoms with van der Waals surface area (Å²) in [7, 11) is 2.77. The highest BCUT2D eigenvalue weighted by Gasteiger charge is 2.05. The van der Waals surface area contributed by atoms with Gasteiger partial charge in [0.2, 0.25) is 5.91 Å². The summed E-state index contributed by atoms with van der Waals surface area (Å²) < 4.78 is 9.00. The van der Waals surface area contributed by atoms with Gasteiger partial charge >= 0.3 is 12.1 Å². The van der Waals surface area contributed by atoms with E-state index >= 15 is 0 Å². The Bertz CT molecular complexity index is 230. The Hall–Kier alpha value is -1.79. The third-order valence-corrected chi connectivity index (χ3v) is 1.67. The van der Waals surface area contributed by atoms with Crippen LogP contribution in [0.2, 0.25) is 0 Å². The number of methoxy groups -OCH3 is 1. The van der Waals surface area contributed by atoms with Gasteiger partial charge in [-0.2, -0.15) is 0 Å². The Kier molecular flexibility index (Phi) is 7.56. The largest absolute Gasteiger partial charge is 0.469 e. The zero-order chi connectivity index (χ0) is 12.4. The van der Waals surface area contributed by atoms with Crippen LogP contribution >= 0.6 is 0 Å². The third kappa shape index (κ3) is 7.60. The number of carbonyl (C=O) groups is 3. The van der Waals surface area contributed by atoms with Gasteiger partial charge in [0.15, 0.2) is 0 Å². The number of alkyl carbamates (subject to hydrolysis) is 1. The van der Waals surface area contributed by atoms with Crippen LogP contribution in [-0.4, -0.2) is 45.3 Å². The van der Waals surface area contributed by atoms with Crippen LogP contribution in [0.3, 0.4) is 0 Å². The van der Waals surface area contributed by atoms with Crippen LogP contribution in [0.25, 0.3) is 0 Å². The summed E-state index contributed by atoms with van der Waals surface area (Å²) in [5.41, 5.74) is 0. The number of nitrogens with one attached hydrogen (secondary N) is 2. The molecule has 0 aliphatic carbocycles. The van der Waals surface area contributed by atoms with E-state index in [1.807, 2.05) is 0 Å². The minimum Gasteiger partial charge on any atom is -0.469 e. The van der Waals surface area contributed by atoms with Gasteiger partial charge in [-0.1, -0.05) is 0 Å². The number of hydrogen-bond acceptors (Lipinski definition) is 5. The second-order valence-corrected chi connectivity index (χ2v) is 2.81. The molecule has 0 aliphatic rings. The first-order valence-corrected chi connectivity index (χ1v) is 4.78. The fourth-order valence-electron chi connectivity index (χ4n) is 0.783. The molecule has 2 amide bonds. The summed E-state index contributed by atoms with van der Waals surface area (Å²) in [5.74, 6) is -0.618. The molecule has 0 unspecified atom stereocenters. The van der Waals surface area contributed by atoms with Gasteiger partial charge in [-0.3, -0.25) is 9.59 Å². The summed E-state index contributed by atoms with van der Waals surface area (Å²) in [4.78, 5) is 32.4. The van der Waals surface area contributed by atoms with E-state index in [0.29, 0.717) is 0 Å². The first-order chi connectivity index (χ1) is 7.60. The Morgan fingerprint density at radius 3 is 2.44 bits per heavy atom. The maximum Gasteiger partial charge on any atom is 0.407 e. The average molecular weight is 232 g/mol. The fraction of sp³-hybridized carbons (Fsp3) is 0.667. The van der Waals surface area contributed by atoms with Gasteiger partial charge in [-0.15, -0.1) is 0 Å². The van der Waals surface area contributed by atoms with Crippen molar-refractivity contribution in [2.45, 2.75) is 12.8 Å². The molecule has 0 saturated carbocycles. The third-order valence-electron chi connectivity index (χ3n) is 1.67. The maximum atomic E-state index is 11.0. The smallest absolute Gasteiger partial charge is 0.407 e. The van der Waals surface area contributed by atoms with Crippen molar-refractivity contribution in [2.75, 3.05) is 27.3 Å². The lowest BCUT2D eigenvalue weighted by molar-refractivity contribution is -0.141. The van der Waals surface area contributed by atoms with E-state index in [1.165, 1.54) is 14.2 Å². The fourth-order valence-corrected chi connectivity index (χ4v) is 0.783. The molecule has 0 aromatic rings. The van der Waals surface area contributed by atoms with E-state index in [-0.39, 0.29) is 31.9 Å². The van der Waals surface area contributed by atoms with Crippen molar-refractivity contribution in [1.29, 1.82) is 0 Å². The highest BCUT2D eigenvalue weighted by molar-refractivity contribution is 5.76. The normalized spacial score (nSPS) is 9.12. The quantitative estimate of drug-likeness (QED) is 0.597. The zero-order valence-corrected chi connectivity index (χ0v) is 9.37. The number of ether oxygens (including phenoxy) is 2. The molecule has 0 aliphatic heterocycles. The van der Waals surface area contributed by atoms with Crippen molar-refractivity contribution in [1.82, 2.24) is 10.6 Å². The van der Waals surface area contributed by atoms with Crippen molar-refractivity contribution in [3.63, 3.8) is 0 Å². The van der Waals surface area contributed by atoms with Gasteiger partial charge in [0.1, 0.15) is 6.61 Å².